The largest absolute Gasteiger partial charge is 0.491 e. The quantitative estimate of drug-likeness (QED) is 0.394. The van der Waals surface area contributed by atoms with Gasteiger partial charge in [-0.25, -0.2) is 9.18 Å². The summed E-state index contributed by atoms with van der Waals surface area (Å²) in [5, 5.41) is 6.85. The van der Waals surface area contributed by atoms with Crippen LogP contribution in [0.4, 0.5) is 22.4 Å². The first-order chi connectivity index (χ1) is 19.0. The molecule has 6 rings (SSSR count). The summed E-state index contributed by atoms with van der Waals surface area (Å²) in [4.78, 5) is 41.0. The number of benzene rings is 2. The maximum Gasteiger partial charge on any atom is 0.412 e. The lowest BCUT2D eigenvalue weighted by Crippen LogP contribution is -2.53. The molecule has 40 heavy (non-hydrogen) atoms. The number of imide groups is 1. The number of urea groups is 1. The average Bonchev–Trinajstić information content (AvgIpc) is 3.51. The first-order valence-electron chi connectivity index (χ1n) is 12.5. The van der Waals surface area contributed by atoms with Crippen molar-refractivity contribution in [3.05, 3.63) is 71.3 Å². The summed E-state index contributed by atoms with van der Waals surface area (Å²) in [5.41, 5.74) is 1.80. The zero-order valence-corrected chi connectivity index (χ0v) is 21.2. The number of ether oxygens (including phenoxy) is 1. The van der Waals surface area contributed by atoms with Gasteiger partial charge in [-0.2, -0.15) is 18.3 Å². The van der Waals surface area contributed by atoms with Crippen LogP contribution in [0.5, 0.6) is 5.75 Å². The molecule has 1 saturated heterocycles. The van der Waals surface area contributed by atoms with Crippen LogP contribution >= 0.6 is 0 Å². The van der Waals surface area contributed by atoms with Gasteiger partial charge in [0.25, 0.3) is 5.91 Å². The summed E-state index contributed by atoms with van der Waals surface area (Å²) in [6.45, 7) is -2.43. The Bertz CT molecular complexity index is 1550. The highest BCUT2D eigenvalue weighted by molar-refractivity contribution is 6.10. The van der Waals surface area contributed by atoms with Crippen molar-refractivity contribution in [3.8, 4) is 16.9 Å². The van der Waals surface area contributed by atoms with E-state index in [0.29, 0.717) is 21.8 Å². The summed E-state index contributed by atoms with van der Waals surface area (Å²) in [6.07, 6.45) is -0.609. The van der Waals surface area contributed by atoms with E-state index in [-0.39, 0.29) is 17.7 Å². The molecule has 1 N–H and O–H groups in total. The molecule has 2 aliphatic heterocycles. The van der Waals surface area contributed by atoms with Gasteiger partial charge < -0.3 is 15.0 Å². The van der Waals surface area contributed by atoms with Crippen molar-refractivity contribution < 1.29 is 36.7 Å². The van der Waals surface area contributed by atoms with Crippen molar-refractivity contribution in [2.45, 2.75) is 37.1 Å². The molecule has 1 fully saturated rings. The normalized spacial score (nSPS) is 22.2. The van der Waals surface area contributed by atoms with Crippen LogP contribution in [-0.4, -0.2) is 62.8 Å². The maximum absolute atomic E-state index is 14.0. The standard InChI is InChI=1S/C27H23F4N5O4/c1-34-11-18(10-32-34)15-2-4-20-16(8-15)6-7-26(20)24(38)36(25(39)33-26)13-23(37)35-12-17-9-19(28)3-5-21(17)40-14-22(35)27(29,30)31/h2-5,8-11,22H,6-7,12-14H2,1H3,(H,33,39)/t22-,26?/m0/s1. The third kappa shape index (κ3) is 4.16. The van der Waals surface area contributed by atoms with Crippen LogP contribution in [-0.2, 0) is 35.1 Å². The third-order valence-electron chi connectivity index (χ3n) is 7.68. The van der Waals surface area contributed by atoms with E-state index in [9.17, 15) is 31.9 Å². The molecule has 3 heterocycles. The van der Waals surface area contributed by atoms with Crippen LogP contribution in [0.25, 0.3) is 11.1 Å². The number of alkyl halides is 3. The van der Waals surface area contributed by atoms with Gasteiger partial charge in [0, 0.05) is 24.4 Å². The molecule has 2 atom stereocenters. The number of carbonyl (C=O) groups excluding carboxylic acids is 3. The van der Waals surface area contributed by atoms with E-state index in [4.69, 9.17) is 4.74 Å². The molecular formula is C27H23F4N5O4. The van der Waals surface area contributed by atoms with E-state index in [1.54, 1.807) is 30.1 Å². The number of aryl methyl sites for hydroxylation is 2. The first kappa shape index (κ1) is 25.8. The smallest absolute Gasteiger partial charge is 0.412 e. The third-order valence-corrected chi connectivity index (χ3v) is 7.68. The Kier molecular flexibility index (Phi) is 5.86. The molecule has 1 aromatic heterocycles. The van der Waals surface area contributed by atoms with E-state index in [1.165, 1.54) is 6.07 Å². The minimum atomic E-state index is -4.87. The number of carbonyl (C=O) groups is 3. The molecule has 0 saturated carbocycles. The fourth-order valence-electron chi connectivity index (χ4n) is 5.67. The molecule has 0 bridgehead atoms. The van der Waals surface area contributed by atoms with E-state index in [0.717, 1.165) is 28.8 Å². The number of amides is 4. The summed E-state index contributed by atoms with van der Waals surface area (Å²) in [5.74, 6) is -2.51. The molecule has 4 amide bonds. The van der Waals surface area contributed by atoms with Crippen molar-refractivity contribution in [1.29, 1.82) is 0 Å². The molecule has 1 aliphatic carbocycles. The topological polar surface area (TPSA) is 96.8 Å². The van der Waals surface area contributed by atoms with Gasteiger partial charge in [0.1, 0.15) is 30.3 Å². The van der Waals surface area contributed by atoms with Crippen LogP contribution in [0.3, 0.4) is 0 Å². The molecular weight excluding hydrogens is 534 g/mol. The zero-order chi connectivity index (χ0) is 28.4. The number of rotatable bonds is 3. The lowest BCUT2D eigenvalue weighted by molar-refractivity contribution is -0.195. The highest BCUT2D eigenvalue weighted by Crippen LogP contribution is 2.43. The lowest BCUT2D eigenvalue weighted by atomic mass is 9.90. The minimum Gasteiger partial charge on any atom is -0.491 e. The van der Waals surface area contributed by atoms with E-state index in [1.807, 2.05) is 12.3 Å². The zero-order valence-electron chi connectivity index (χ0n) is 21.2. The van der Waals surface area contributed by atoms with Crippen molar-refractivity contribution in [3.63, 3.8) is 0 Å². The Morgan fingerprint density at radius 1 is 1.15 bits per heavy atom. The summed E-state index contributed by atoms with van der Waals surface area (Å²) >= 11 is 0. The molecule has 3 aliphatic rings. The average molecular weight is 558 g/mol. The maximum atomic E-state index is 14.0. The van der Waals surface area contributed by atoms with Crippen LogP contribution in [0.15, 0.2) is 48.8 Å². The SMILES string of the molecule is Cn1cc(-c2ccc3c(c2)CCC32NC(=O)N(CC(=O)N3Cc4cc(F)ccc4OC[C@H]3C(F)(F)F)C2=O)cn1. The molecule has 3 aromatic rings. The van der Waals surface area contributed by atoms with E-state index < -0.39 is 61.1 Å². The van der Waals surface area contributed by atoms with Gasteiger partial charge in [-0.15, -0.1) is 0 Å². The summed E-state index contributed by atoms with van der Waals surface area (Å²) < 4.78 is 62.6. The van der Waals surface area contributed by atoms with Gasteiger partial charge in [0.05, 0.1) is 12.7 Å². The van der Waals surface area contributed by atoms with Crippen molar-refractivity contribution in [2.24, 2.45) is 7.05 Å². The number of halogens is 4. The summed E-state index contributed by atoms with van der Waals surface area (Å²) in [6, 6.07) is 5.47. The number of fused-ring (bicyclic) bond motifs is 3. The highest BCUT2D eigenvalue weighted by Gasteiger charge is 2.56. The number of aromatic nitrogens is 2. The van der Waals surface area contributed by atoms with E-state index in [2.05, 4.69) is 10.4 Å². The lowest BCUT2D eigenvalue weighted by Gasteiger charge is -2.31. The van der Waals surface area contributed by atoms with Crippen molar-refractivity contribution >= 4 is 17.8 Å². The van der Waals surface area contributed by atoms with Gasteiger partial charge in [-0.3, -0.25) is 19.2 Å². The molecule has 208 valence electrons. The molecule has 0 radical (unpaired) electrons. The van der Waals surface area contributed by atoms with Gasteiger partial charge in [-0.1, -0.05) is 18.2 Å². The number of nitrogens with zero attached hydrogens (tertiary/aromatic N) is 4. The second kappa shape index (κ2) is 9.07. The number of hydrogen-bond acceptors (Lipinski definition) is 5. The number of nitrogens with one attached hydrogen (secondary N) is 1. The van der Waals surface area contributed by atoms with Gasteiger partial charge in [0.2, 0.25) is 5.91 Å². The van der Waals surface area contributed by atoms with Crippen LogP contribution < -0.4 is 10.1 Å². The Balaban J connectivity index is 1.26. The number of hydrogen-bond donors (Lipinski definition) is 1. The van der Waals surface area contributed by atoms with E-state index >= 15 is 0 Å². The predicted octanol–water partition coefficient (Wildman–Crippen LogP) is 3.27. The first-order valence-corrected chi connectivity index (χ1v) is 12.5. The monoisotopic (exact) mass is 557 g/mol. The Labute approximate surface area is 225 Å². The second-order valence-corrected chi connectivity index (χ2v) is 10.1. The Morgan fingerprint density at radius 3 is 2.67 bits per heavy atom. The minimum absolute atomic E-state index is 0.0214. The Morgan fingerprint density at radius 2 is 1.95 bits per heavy atom. The predicted molar refractivity (Wildman–Crippen MR) is 131 cm³/mol. The van der Waals surface area contributed by atoms with Gasteiger partial charge in [0.15, 0.2) is 6.04 Å². The Hall–Kier alpha value is -4.42. The van der Waals surface area contributed by atoms with Crippen molar-refractivity contribution in [1.82, 2.24) is 24.9 Å². The van der Waals surface area contributed by atoms with Crippen molar-refractivity contribution in [2.75, 3.05) is 13.2 Å². The second-order valence-electron chi connectivity index (χ2n) is 10.1. The molecule has 9 nitrogen and oxygen atoms in total. The van der Waals surface area contributed by atoms with Crippen LogP contribution in [0.2, 0.25) is 0 Å². The van der Waals surface area contributed by atoms with Gasteiger partial charge >= 0.3 is 12.2 Å². The molecule has 13 heteroatoms. The molecule has 1 unspecified atom stereocenters. The fourth-order valence-corrected chi connectivity index (χ4v) is 5.67. The highest BCUT2D eigenvalue weighted by atomic mass is 19.4. The summed E-state index contributed by atoms with van der Waals surface area (Å²) in [7, 11) is 1.79. The van der Waals surface area contributed by atoms with Crippen LogP contribution in [0, 0.1) is 5.82 Å². The van der Waals surface area contributed by atoms with Gasteiger partial charge in [-0.05, 0) is 47.7 Å². The fraction of sp³-hybridized carbons (Fsp3) is 0.333. The molecule has 1 spiro atoms. The van der Waals surface area contributed by atoms with Crippen LogP contribution in [0.1, 0.15) is 23.1 Å². The molecule has 2 aromatic carbocycles.